The smallest absolute Gasteiger partial charge is 0.291 e. The van der Waals surface area contributed by atoms with Crippen LogP contribution < -0.4 is 10.1 Å². The van der Waals surface area contributed by atoms with Gasteiger partial charge in [0.15, 0.2) is 5.76 Å². The van der Waals surface area contributed by atoms with Gasteiger partial charge in [-0.3, -0.25) is 19.6 Å². The van der Waals surface area contributed by atoms with E-state index in [1.807, 2.05) is 13.8 Å². The quantitative estimate of drug-likeness (QED) is 0.449. The van der Waals surface area contributed by atoms with Crippen molar-refractivity contribution in [3.8, 4) is 5.75 Å². The lowest BCUT2D eigenvalue weighted by molar-refractivity contribution is -0.384. The second kappa shape index (κ2) is 7.85. The molecule has 0 bridgehead atoms. The number of hydrogen-bond donors (Lipinski definition) is 1. The molecule has 2 aromatic heterocycles. The Morgan fingerprint density at radius 1 is 1.36 bits per heavy atom. The van der Waals surface area contributed by atoms with Crippen LogP contribution in [-0.2, 0) is 6.54 Å². The fourth-order valence-electron chi connectivity index (χ4n) is 2.64. The summed E-state index contributed by atoms with van der Waals surface area (Å²) in [5.74, 6) is 0.365. The predicted molar refractivity (Wildman–Crippen MR) is 105 cm³/mol. The van der Waals surface area contributed by atoms with E-state index in [1.165, 1.54) is 25.3 Å². The lowest BCUT2D eigenvalue weighted by atomic mass is 10.2. The molecule has 0 saturated carbocycles. The van der Waals surface area contributed by atoms with Gasteiger partial charge in [0.2, 0.25) is 0 Å². The molecule has 0 atom stereocenters. The zero-order valence-corrected chi connectivity index (χ0v) is 16.9. The molecule has 10 heteroatoms. The molecule has 0 aliphatic rings. The van der Waals surface area contributed by atoms with Crippen molar-refractivity contribution in [2.45, 2.75) is 20.4 Å². The first kappa shape index (κ1) is 19.6. The third-order valence-electron chi connectivity index (χ3n) is 4.13. The van der Waals surface area contributed by atoms with Crippen LogP contribution in [0.4, 0.5) is 11.4 Å². The van der Waals surface area contributed by atoms with Gasteiger partial charge < -0.3 is 14.5 Å². The van der Waals surface area contributed by atoms with Gasteiger partial charge >= 0.3 is 0 Å². The summed E-state index contributed by atoms with van der Waals surface area (Å²) in [6.45, 7) is 4.21. The summed E-state index contributed by atoms with van der Waals surface area (Å²) in [6, 6.07) is 7.19. The van der Waals surface area contributed by atoms with E-state index in [0.29, 0.717) is 18.0 Å². The van der Waals surface area contributed by atoms with Crippen molar-refractivity contribution in [3.05, 3.63) is 67.8 Å². The maximum atomic E-state index is 12.5. The van der Waals surface area contributed by atoms with Crippen molar-refractivity contribution < 1.29 is 18.9 Å². The highest BCUT2D eigenvalue weighted by molar-refractivity contribution is 9.10. The first-order valence-corrected chi connectivity index (χ1v) is 9.01. The average Bonchev–Trinajstić information content (AvgIpc) is 3.23. The van der Waals surface area contributed by atoms with Gasteiger partial charge in [0.1, 0.15) is 11.5 Å². The second-order valence-electron chi connectivity index (χ2n) is 6.00. The average molecular weight is 449 g/mol. The molecular formula is C18H17BrN4O5. The minimum atomic E-state index is -0.537. The molecule has 1 amide bonds. The number of aromatic nitrogens is 2. The summed E-state index contributed by atoms with van der Waals surface area (Å²) in [6.07, 6.45) is 0. The molecule has 9 nitrogen and oxygen atoms in total. The van der Waals surface area contributed by atoms with E-state index in [1.54, 1.807) is 16.8 Å². The molecule has 0 aliphatic carbocycles. The summed E-state index contributed by atoms with van der Waals surface area (Å²) < 4.78 is 13.5. The summed E-state index contributed by atoms with van der Waals surface area (Å²) in [4.78, 5) is 22.8. The van der Waals surface area contributed by atoms with Crippen LogP contribution in [0.15, 0.2) is 39.2 Å². The Bertz CT molecular complexity index is 1060. The highest BCUT2D eigenvalue weighted by atomic mass is 79.9. The topological polar surface area (TPSA) is 112 Å². The number of benzene rings is 1. The number of amides is 1. The number of non-ortho nitro benzene ring substituents is 1. The van der Waals surface area contributed by atoms with Crippen molar-refractivity contribution in [2.75, 3.05) is 12.4 Å². The van der Waals surface area contributed by atoms with Crippen molar-refractivity contribution in [2.24, 2.45) is 0 Å². The van der Waals surface area contributed by atoms with E-state index in [-0.39, 0.29) is 17.2 Å². The highest BCUT2D eigenvalue weighted by Crippen LogP contribution is 2.29. The van der Waals surface area contributed by atoms with Crippen LogP contribution in [0.25, 0.3) is 0 Å². The molecule has 0 unspecified atom stereocenters. The Morgan fingerprint density at radius 3 is 2.71 bits per heavy atom. The minimum absolute atomic E-state index is 0.107. The standard InChI is InChI=1S/C18H17BrN4O5/c1-10-17(19)11(2)22(21-10)9-13-5-7-15(28-13)18(24)20-14-6-4-12(23(25)26)8-16(14)27-3/h4-8H,9H2,1-3H3,(H,20,24). The third-order valence-corrected chi connectivity index (χ3v) is 5.28. The van der Waals surface area contributed by atoms with Crippen LogP contribution in [0.1, 0.15) is 27.7 Å². The molecule has 2 heterocycles. The minimum Gasteiger partial charge on any atom is -0.494 e. The van der Waals surface area contributed by atoms with E-state index >= 15 is 0 Å². The van der Waals surface area contributed by atoms with E-state index in [4.69, 9.17) is 9.15 Å². The molecule has 146 valence electrons. The van der Waals surface area contributed by atoms with Gasteiger partial charge in [-0.05, 0) is 48.0 Å². The summed E-state index contributed by atoms with van der Waals surface area (Å²) in [5.41, 5.74) is 1.99. The van der Waals surface area contributed by atoms with Gasteiger partial charge in [0.25, 0.3) is 11.6 Å². The Kier molecular flexibility index (Phi) is 5.50. The van der Waals surface area contributed by atoms with Crippen LogP contribution in [0.3, 0.4) is 0 Å². The molecule has 1 N–H and O–H groups in total. The molecular weight excluding hydrogens is 432 g/mol. The van der Waals surface area contributed by atoms with Crippen molar-refractivity contribution in [1.82, 2.24) is 9.78 Å². The summed E-state index contributed by atoms with van der Waals surface area (Å²) in [5, 5.41) is 17.9. The van der Waals surface area contributed by atoms with Crippen LogP contribution in [-0.4, -0.2) is 27.7 Å². The number of carbonyl (C=O) groups is 1. The van der Waals surface area contributed by atoms with Gasteiger partial charge in [-0.2, -0.15) is 5.10 Å². The Labute approximate surface area is 168 Å². The van der Waals surface area contributed by atoms with Crippen LogP contribution in [0.5, 0.6) is 5.75 Å². The van der Waals surface area contributed by atoms with Crippen molar-refractivity contribution >= 4 is 33.2 Å². The van der Waals surface area contributed by atoms with E-state index in [9.17, 15) is 14.9 Å². The zero-order chi connectivity index (χ0) is 20.4. The number of carbonyl (C=O) groups excluding carboxylic acids is 1. The SMILES string of the molecule is COc1cc([N+](=O)[O-])ccc1NC(=O)c1ccc(Cn2nc(C)c(Br)c2C)o1. The van der Waals surface area contributed by atoms with Gasteiger partial charge in [-0.15, -0.1) is 0 Å². The number of aryl methyl sites for hydroxylation is 1. The first-order chi connectivity index (χ1) is 13.3. The molecule has 0 fully saturated rings. The zero-order valence-electron chi connectivity index (χ0n) is 15.4. The molecule has 0 spiro atoms. The van der Waals surface area contributed by atoms with E-state index < -0.39 is 10.8 Å². The fraction of sp³-hybridized carbons (Fsp3) is 0.222. The summed E-state index contributed by atoms with van der Waals surface area (Å²) >= 11 is 3.47. The van der Waals surface area contributed by atoms with Gasteiger partial charge in [0.05, 0.1) is 46.2 Å². The lowest BCUT2D eigenvalue weighted by Gasteiger charge is -2.09. The molecule has 0 aliphatic heterocycles. The van der Waals surface area contributed by atoms with E-state index in [2.05, 4.69) is 26.3 Å². The number of halogens is 1. The number of nitro groups is 1. The molecule has 3 aromatic rings. The molecule has 3 rings (SSSR count). The predicted octanol–water partition coefficient (Wildman–Crippen LogP) is 4.07. The number of rotatable bonds is 6. The highest BCUT2D eigenvalue weighted by Gasteiger charge is 2.17. The van der Waals surface area contributed by atoms with E-state index in [0.717, 1.165) is 15.9 Å². The molecule has 0 radical (unpaired) electrons. The maximum Gasteiger partial charge on any atom is 0.291 e. The molecule has 28 heavy (non-hydrogen) atoms. The van der Waals surface area contributed by atoms with Crippen molar-refractivity contribution in [1.29, 1.82) is 0 Å². The Morgan fingerprint density at radius 2 is 2.11 bits per heavy atom. The Balaban J connectivity index is 1.76. The van der Waals surface area contributed by atoms with Gasteiger partial charge in [0, 0.05) is 6.07 Å². The number of ether oxygens (including phenoxy) is 1. The lowest BCUT2D eigenvalue weighted by Crippen LogP contribution is -2.12. The van der Waals surface area contributed by atoms with Gasteiger partial charge in [-0.25, -0.2) is 0 Å². The normalized spacial score (nSPS) is 10.7. The largest absolute Gasteiger partial charge is 0.494 e. The molecule has 1 aromatic carbocycles. The second-order valence-corrected chi connectivity index (χ2v) is 6.80. The van der Waals surface area contributed by atoms with Crippen LogP contribution in [0.2, 0.25) is 0 Å². The van der Waals surface area contributed by atoms with Gasteiger partial charge in [-0.1, -0.05) is 0 Å². The fourth-order valence-corrected chi connectivity index (χ4v) is 2.93. The number of methoxy groups -OCH3 is 1. The van der Waals surface area contributed by atoms with Crippen LogP contribution in [0, 0.1) is 24.0 Å². The Hall–Kier alpha value is -3.14. The monoisotopic (exact) mass is 448 g/mol. The summed E-state index contributed by atoms with van der Waals surface area (Å²) in [7, 11) is 1.37. The number of nitro benzene ring substituents is 1. The number of anilines is 1. The molecule has 0 saturated heterocycles. The van der Waals surface area contributed by atoms with Crippen LogP contribution >= 0.6 is 15.9 Å². The number of nitrogens with one attached hydrogen (secondary N) is 1. The number of furan rings is 1. The maximum absolute atomic E-state index is 12.5. The number of nitrogens with zero attached hydrogens (tertiary/aromatic N) is 3. The first-order valence-electron chi connectivity index (χ1n) is 8.22. The number of hydrogen-bond acceptors (Lipinski definition) is 6. The van der Waals surface area contributed by atoms with Crippen molar-refractivity contribution in [3.63, 3.8) is 0 Å². The third kappa shape index (κ3) is 3.91.